The summed E-state index contributed by atoms with van der Waals surface area (Å²) < 4.78 is 7.59. The smallest absolute Gasteiger partial charge is 0.123 e. The van der Waals surface area contributed by atoms with Gasteiger partial charge in [0.05, 0.1) is 25.5 Å². The molecule has 2 aromatic rings. The lowest BCUT2D eigenvalue weighted by Gasteiger charge is -2.32. The maximum Gasteiger partial charge on any atom is 0.123 e. The first-order valence-corrected chi connectivity index (χ1v) is 8.87. The summed E-state index contributed by atoms with van der Waals surface area (Å²) in [5, 5.41) is 13.7. The van der Waals surface area contributed by atoms with Crippen molar-refractivity contribution in [3.8, 4) is 5.75 Å². The van der Waals surface area contributed by atoms with Gasteiger partial charge in [0, 0.05) is 30.8 Å². The zero-order chi connectivity index (χ0) is 16.8. The number of piperidine rings is 1. The van der Waals surface area contributed by atoms with E-state index in [1.807, 2.05) is 23.9 Å². The number of benzene rings is 1. The molecule has 3 rings (SSSR count). The second-order valence-corrected chi connectivity index (χ2v) is 6.34. The van der Waals surface area contributed by atoms with Crippen molar-refractivity contribution < 1.29 is 9.84 Å². The standard InChI is InChI=1S/C19H27N3O2/c1-2-24-19-8-4-3-6-17(19)15-21-10-5-7-16(14-21)18-9-11-22(20-18)12-13-23/h3-4,6,8-9,11,16,23H,2,5,7,10,12-15H2,1H3. The average Bonchev–Trinajstić information content (AvgIpc) is 3.06. The summed E-state index contributed by atoms with van der Waals surface area (Å²) in [5.41, 5.74) is 2.40. The van der Waals surface area contributed by atoms with Crippen molar-refractivity contribution in [2.24, 2.45) is 0 Å². The van der Waals surface area contributed by atoms with Gasteiger partial charge in [-0.15, -0.1) is 0 Å². The van der Waals surface area contributed by atoms with Crippen LogP contribution in [-0.2, 0) is 13.1 Å². The van der Waals surface area contributed by atoms with Crippen LogP contribution in [0.15, 0.2) is 36.5 Å². The number of rotatable bonds is 7. The van der Waals surface area contributed by atoms with Crippen LogP contribution in [0.4, 0.5) is 0 Å². The van der Waals surface area contributed by atoms with Gasteiger partial charge in [-0.2, -0.15) is 5.10 Å². The molecule has 0 amide bonds. The molecule has 5 nitrogen and oxygen atoms in total. The van der Waals surface area contributed by atoms with Crippen molar-refractivity contribution in [1.29, 1.82) is 0 Å². The highest BCUT2D eigenvalue weighted by Gasteiger charge is 2.23. The Labute approximate surface area is 143 Å². The van der Waals surface area contributed by atoms with E-state index in [1.54, 1.807) is 0 Å². The van der Waals surface area contributed by atoms with Crippen LogP contribution in [0.1, 0.15) is 36.9 Å². The Kier molecular flexibility index (Phi) is 5.88. The topological polar surface area (TPSA) is 50.5 Å². The zero-order valence-corrected chi connectivity index (χ0v) is 14.4. The van der Waals surface area contributed by atoms with Gasteiger partial charge >= 0.3 is 0 Å². The van der Waals surface area contributed by atoms with E-state index >= 15 is 0 Å². The third-order valence-corrected chi connectivity index (χ3v) is 4.58. The lowest BCUT2D eigenvalue weighted by molar-refractivity contribution is 0.194. The molecular weight excluding hydrogens is 302 g/mol. The highest BCUT2D eigenvalue weighted by atomic mass is 16.5. The van der Waals surface area contributed by atoms with Crippen LogP contribution in [0.3, 0.4) is 0 Å². The zero-order valence-electron chi connectivity index (χ0n) is 14.4. The average molecular weight is 329 g/mol. The van der Waals surface area contributed by atoms with Gasteiger partial charge in [-0.05, 0) is 38.4 Å². The Bertz CT molecular complexity index is 641. The Balaban J connectivity index is 1.65. The summed E-state index contributed by atoms with van der Waals surface area (Å²) >= 11 is 0. The lowest BCUT2D eigenvalue weighted by Crippen LogP contribution is -2.34. The predicted octanol–water partition coefficient (Wildman–Crippen LogP) is 2.65. The number of nitrogens with zero attached hydrogens (tertiary/aromatic N) is 3. The molecule has 5 heteroatoms. The molecule has 1 fully saturated rings. The van der Waals surface area contributed by atoms with Crippen LogP contribution in [0, 0.1) is 0 Å². The largest absolute Gasteiger partial charge is 0.494 e. The third kappa shape index (κ3) is 4.16. The quantitative estimate of drug-likeness (QED) is 0.848. The molecule has 1 aromatic carbocycles. The fourth-order valence-corrected chi connectivity index (χ4v) is 3.43. The van der Waals surface area contributed by atoms with Crippen molar-refractivity contribution in [3.05, 3.63) is 47.8 Å². The van der Waals surface area contributed by atoms with Gasteiger partial charge in [-0.1, -0.05) is 18.2 Å². The number of aromatic nitrogens is 2. The maximum atomic E-state index is 9.03. The summed E-state index contributed by atoms with van der Waals surface area (Å²) in [5.74, 6) is 1.47. The Morgan fingerprint density at radius 3 is 3.00 bits per heavy atom. The van der Waals surface area contributed by atoms with E-state index in [0.717, 1.165) is 31.1 Å². The van der Waals surface area contributed by atoms with Crippen LogP contribution in [-0.4, -0.2) is 46.1 Å². The monoisotopic (exact) mass is 329 g/mol. The highest BCUT2D eigenvalue weighted by Crippen LogP contribution is 2.28. The van der Waals surface area contributed by atoms with E-state index in [2.05, 4.69) is 34.3 Å². The second-order valence-electron chi connectivity index (χ2n) is 6.34. The van der Waals surface area contributed by atoms with Crippen molar-refractivity contribution in [1.82, 2.24) is 14.7 Å². The molecule has 1 aliphatic rings. The van der Waals surface area contributed by atoms with Crippen LogP contribution in [0.5, 0.6) is 5.75 Å². The molecule has 1 N–H and O–H groups in total. The second kappa shape index (κ2) is 8.31. The molecule has 2 heterocycles. The molecule has 0 spiro atoms. The van der Waals surface area contributed by atoms with E-state index in [0.29, 0.717) is 19.1 Å². The van der Waals surface area contributed by atoms with E-state index in [9.17, 15) is 0 Å². The molecule has 0 bridgehead atoms. The predicted molar refractivity (Wildman–Crippen MR) is 94.2 cm³/mol. The maximum absolute atomic E-state index is 9.03. The lowest BCUT2D eigenvalue weighted by atomic mass is 9.94. The number of ether oxygens (including phenoxy) is 1. The third-order valence-electron chi connectivity index (χ3n) is 4.58. The minimum Gasteiger partial charge on any atom is -0.494 e. The number of para-hydroxylation sites is 1. The SMILES string of the molecule is CCOc1ccccc1CN1CCCC(c2ccn(CCO)n2)C1. The van der Waals surface area contributed by atoms with Gasteiger partial charge in [0.25, 0.3) is 0 Å². The number of hydrogen-bond acceptors (Lipinski definition) is 4. The summed E-state index contributed by atoms with van der Waals surface area (Å²) in [6, 6.07) is 10.4. The Morgan fingerprint density at radius 1 is 1.29 bits per heavy atom. The number of likely N-dealkylation sites (tertiary alicyclic amines) is 1. The van der Waals surface area contributed by atoms with Gasteiger partial charge < -0.3 is 9.84 Å². The molecule has 1 unspecified atom stereocenters. The van der Waals surface area contributed by atoms with Crippen molar-refractivity contribution in [3.63, 3.8) is 0 Å². The molecule has 1 aromatic heterocycles. The summed E-state index contributed by atoms with van der Waals surface area (Å²) in [4.78, 5) is 2.50. The van der Waals surface area contributed by atoms with Gasteiger partial charge in [-0.3, -0.25) is 9.58 Å². The Hall–Kier alpha value is -1.85. The molecule has 24 heavy (non-hydrogen) atoms. The van der Waals surface area contributed by atoms with Crippen LogP contribution in [0.2, 0.25) is 0 Å². The van der Waals surface area contributed by atoms with Crippen LogP contribution < -0.4 is 4.74 Å². The van der Waals surface area contributed by atoms with Gasteiger partial charge in [0.15, 0.2) is 0 Å². The summed E-state index contributed by atoms with van der Waals surface area (Å²) in [6.07, 6.45) is 4.34. The van der Waals surface area contributed by atoms with Gasteiger partial charge in [0.1, 0.15) is 5.75 Å². The van der Waals surface area contributed by atoms with E-state index in [4.69, 9.17) is 9.84 Å². The highest BCUT2D eigenvalue weighted by molar-refractivity contribution is 5.33. The van der Waals surface area contributed by atoms with E-state index < -0.39 is 0 Å². The van der Waals surface area contributed by atoms with Gasteiger partial charge in [-0.25, -0.2) is 0 Å². The fourth-order valence-electron chi connectivity index (χ4n) is 3.43. The molecular formula is C19H27N3O2. The number of aliphatic hydroxyl groups excluding tert-OH is 1. The van der Waals surface area contributed by atoms with Crippen molar-refractivity contribution >= 4 is 0 Å². The molecule has 0 radical (unpaired) electrons. The summed E-state index contributed by atoms with van der Waals surface area (Å²) in [7, 11) is 0. The van der Waals surface area contributed by atoms with Crippen molar-refractivity contribution in [2.45, 2.75) is 38.8 Å². The number of aliphatic hydroxyl groups is 1. The first-order chi connectivity index (χ1) is 11.8. The molecule has 0 aliphatic carbocycles. The molecule has 0 saturated carbocycles. The minimum absolute atomic E-state index is 0.131. The van der Waals surface area contributed by atoms with E-state index in [1.165, 1.54) is 18.4 Å². The summed E-state index contributed by atoms with van der Waals surface area (Å²) in [6.45, 7) is 6.48. The van der Waals surface area contributed by atoms with Crippen LogP contribution >= 0.6 is 0 Å². The minimum atomic E-state index is 0.131. The molecule has 1 aliphatic heterocycles. The van der Waals surface area contributed by atoms with Crippen molar-refractivity contribution in [2.75, 3.05) is 26.3 Å². The molecule has 1 atom stereocenters. The first kappa shape index (κ1) is 17.0. The molecule has 130 valence electrons. The first-order valence-electron chi connectivity index (χ1n) is 8.87. The Morgan fingerprint density at radius 2 is 2.17 bits per heavy atom. The fraction of sp³-hybridized carbons (Fsp3) is 0.526. The normalized spacial score (nSPS) is 18.7. The van der Waals surface area contributed by atoms with Crippen LogP contribution in [0.25, 0.3) is 0 Å². The number of hydrogen-bond donors (Lipinski definition) is 1. The van der Waals surface area contributed by atoms with E-state index in [-0.39, 0.29) is 6.61 Å². The molecule has 1 saturated heterocycles. The van der Waals surface area contributed by atoms with Gasteiger partial charge in [0.2, 0.25) is 0 Å².